The SMILES string of the molecule is C=CC1=C(/C=C(\C)N(C)c2ccc(COC)cc2)CCC[C@H]1CNc1cnccc1C(=O)O. The van der Waals surface area contributed by atoms with Crippen molar-refractivity contribution in [3.8, 4) is 0 Å². The molecule has 6 heteroatoms. The molecule has 0 saturated heterocycles. The lowest BCUT2D eigenvalue weighted by atomic mass is 9.82. The second kappa shape index (κ2) is 11.5. The number of benzene rings is 1. The molecule has 0 radical (unpaired) electrons. The molecule has 0 bridgehead atoms. The summed E-state index contributed by atoms with van der Waals surface area (Å²) in [5.41, 5.74) is 6.71. The molecule has 1 heterocycles. The van der Waals surface area contributed by atoms with Gasteiger partial charge in [-0.2, -0.15) is 0 Å². The highest BCUT2D eigenvalue weighted by Gasteiger charge is 2.21. The normalized spacial score (nSPS) is 16.5. The number of aromatic nitrogens is 1. The number of hydrogen-bond donors (Lipinski definition) is 2. The molecule has 1 aromatic heterocycles. The van der Waals surface area contributed by atoms with Crippen LogP contribution in [0.4, 0.5) is 11.4 Å². The van der Waals surface area contributed by atoms with Crippen molar-refractivity contribution < 1.29 is 14.6 Å². The Morgan fingerprint density at radius 3 is 2.76 bits per heavy atom. The molecule has 1 aliphatic rings. The van der Waals surface area contributed by atoms with Crippen molar-refractivity contribution in [1.29, 1.82) is 0 Å². The number of allylic oxidation sites excluding steroid dienone is 4. The van der Waals surface area contributed by atoms with Crippen LogP contribution in [0.15, 0.2) is 78.3 Å². The summed E-state index contributed by atoms with van der Waals surface area (Å²) in [6.45, 7) is 7.44. The minimum atomic E-state index is -0.958. The van der Waals surface area contributed by atoms with E-state index in [1.807, 2.05) is 6.08 Å². The van der Waals surface area contributed by atoms with Gasteiger partial charge in [0.05, 0.1) is 24.1 Å². The summed E-state index contributed by atoms with van der Waals surface area (Å²) in [6, 6.07) is 9.91. The van der Waals surface area contributed by atoms with Crippen LogP contribution in [0.25, 0.3) is 0 Å². The summed E-state index contributed by atoms with van der Waals surface area (Å²) in [4.78, 5) is 17.7. The van der Waals surface area contributed by atoms with Gasteiger partial charge in [-0.15, -0.1) is 0 Å². The predicted molar refractivity (Wildman–Crippen MR) is 134 cm³/mol. The first-order chi connectivity index (χ1) is 15.9. The second-order valence-corrected chi connectivity index (χ2v) is 8.33. The number of pyridine rings is 1. The molecule has 1 atom stereocenters. The smallest absolute Gasteiger partial charge is 0.337 e. The maximum Gasteiger partial charge on any atom is 0.337 e. The molecule has 0 saturated carbocycles. The van der Waals surface area contributed by atoms with Crippen molar-refractivity contribution in [3.63, 3.8) is 0 Å². The number of carboxylic acids is 1. The van der Waals surface area contributed by atoms with Crippen molar-refractivity contribution in [3.05, 3.63) is 89.4 Å². The fourth-order valence-corrected chi connectivity index (χ4v) is 4.26. The van der Waals surface area contributed by atoms with E-state index in [2.05, 4.69) is 66.1 Å². The summed E-state index contributed by atoms with van der Waals surface area (Å²) in [5.74, 6) is -0.698. The Morgan fingerprint density at radius 2 is 2.09 bits per heavy atom. The Bertz CT molecular complexity index is 1040. The average molecular weight is 448 g/mol. The van der Waals surface area contributed by atoms with Crippen LogP contribution in [-0.4, -0.2) is 36.8 Å². The highest BCUT2D eigenvalue weighted by molar-refractivity contribution is 5.93. The van der Waals surface area contributed by atoms with Crippen LogP contribution in [0.3, 0.4) is 0 Å². The topological polar surface area (TPSA) is 74.7 Å². The second-order valence-electron chi connectivity index (χ2n) is 8.33. The molecule has 0 spiro atoms. The van der Waals surface area contributed by atoms with E-state index in [1.54, 1.807) is 13.3 Å². The zero-order valence-electron chi connectivity index (χ0n) is 19.7. The van der Waals surface area contributed by atoms with Crippen LogP contribution in [-0.2, 0) is 11.3 Å². The number of carbonyl (C=O) groups is 1. The van der Waals surface area contributed by atoms with Crippen LogP contribution in [0.1, 0.15) is 42.1 Å². The van der Waals surface area contributed by atoms with E-state index < -0.39 is 5.97 Å². The lowest BCUT2D eigenvalue weighted by Gasteiger charge is -2.28. The van der Waals surface area contributed by atoms with E-state index >= 15 is 0 Å². The summed E-state index contributed by atoms with van der Waals surface area (Å²) in [5, 5.41) is 12.7. The third-order valence-corrected chi connectivity index (χ3v) is 6.17. The van der Waals surface area contributed by atoms with E-state index in [-0.39, 0.29) is 11.5 Å². The highest BCUT2D eigenvalue weighted by Crippen LogP contribution is 2.33. The van der Waals surface area contributed by atoms with Crippen LogP contribution >= 0.6 is 0 Å². The van der Waals surface area contributed by atoms with Crippen LogP contribution in [0.2, 0.25) is 0 Å². The van der Waals surface area contributed by atoms with Gasteiger partial charge in [-0.25, -0.2) is 4.79 Å². The fourth-order valence-electron chi connectivity index (χ4n) is 4.26. The number of rotatable bonds is 10. The molecule has 33 heavy (non-hydrogen) atoms. The van der Waals surface area contributed by atoms with E-state index in [4.69, 9.17) is 4.74 Å². The standard InChI is InChI=1S/C27H33N3O3/c1-5-24-21(15-19(2)30(3)23-11-9-20(10-12-23)18-33-4)7-6-8-22(24)16-29-26-17-28-14-13-25(26)27(31)32/h5,9-15,17,22,29H,1,6-8,16,18H2,2-4H3,(H,31,32)/b19-15+/t22-/m0/s1. The maximum atomic E-state index is 11.5. The van der Waals surface area contributed by atoms with E-state index in [1.165, 1.54) is 23.4 Å². The fraction of sp³-hybridized carbons (Fsp3) is 0.333. The Balaban J connectivity index is 1.77. The largest absolute Gasteiger partial charge is 0.478 e. The number of ether oxygens (including phenoxy) is 1. The van der Waals surface area contributed by atoms with Gasteiger partial charge in [0.25, 0.3) is 0 Å². The summed E-state index contributed by atoms with van der Waals surface area (Å²) in [6.07, 6.45) is 10.4. The van der Waals surface area contributed by atoms with E-state index in [0.717, 1.165) is 36.2 Å². The number of anilines is 2. The summed E-state index contributed by atoms with van der Waals surface area (Å²) in [7, 11) is 3.77. The van der Waals surface area contributed by atoms with E-state index in [0.29, 0.717) is 18.8 Å². The molecule has 174 valence electrons. The van der Waals surface area contributed by atoms with Crippen LogP contribution < -0.4 is 10.2 Å². The lowest BCUT2D eigenvalue weighted by Crippen LogP contribution is -2.21. The minimum Gasteiger partial charge on any atom is -0.478 e. The van der Waals surface area contributed by atoms with Gasteiger partial charge in [-0.1, -0.05) is 24.8 Å². The van der Waals surface area contributed by atoms with Gasteiger partial charge in [-0.3, -0.25) is 4.98 Å². The monoisotopic (exact) mass is 447 g/mol. The van der Waals surface area contributed by atoms with Gasteiger partial charge >= 0.3 is 5.97 Å². The van der Waals surface area contributed by atoms with Crippen molar-refractivity contribution >= 4 is 17.3 Å². The first-order valence-electron chi connectivity index (χ1n) is 11.2. The van der Waals surface area contributed by atoms with Gasteiger partial charge < -0.3 is 20.1 Å². The van der Waals surface area contributed by atoms with Gasteiger partial charge in [0.15, 0.2) is 0 Å². The van der Waals surface area contributed by atoms with Gasteiger partial charge in [0.2, 0.25) is 0 Å². The summed E-state index contributed by atoms with van der Waals surface area (Å²) < 4.78 is 5.20. The zero-order valence-corrected chi connectivity index (χ0v) is 19.7. The number of nitrogens with zero attached hydrogens (tertiary/aromatic N) is 2. The van der Waals surface area contributed by atoms with Gasteiger partial charge in [-0.05, 0) is 67.2 Å². The van der Waals surface area contributed by atoms with Crippen LogP contribution in [0, 0.1) is 5.92 Å². The molecule has 0 aliphatic heterocycles. The molecule has 2 aromatic rings. The number of carboxylic acid groups (broad SMARTS) is 1. The third-order valence-electron chi connectivity index (χ3n) is 6.17. The summed E-state index contributed by atoms with van der Waals surface area (Å²) >= 11 is 0. The highest BCUT2D eigenvalue weighted by atomic mass is 16.5. The Morgan fingerprint density at radius 1 is 1.33 bits per heavy atom. The Hall–Kier alpha value is -3.38. The average Bonchev–Trinajstić information content (AvgIpc) is 2.83. The molecular weight excluding hydrogens is 414 g/mol. The molecule has 3 rings (SSSR count). The molecule has 0 amide bonds. The van der Waals surface area contributed by atoms with Crippen molar-refractivity contribution in [2.24, 2.45) is 5.92 Å². The van der Waals surface area contributed by atoms with Crippen molar-refractivity contribution in [1.82, 2.24) is 4.98 Å². The molecule has 1 aromatic carbocycles. The zero-order chi connectivity index (χ0) is 23.8. The predicted octanol–water partition coefficient (Wildman–Crippen LogP) is 5.66. The number of aromatic carboxylic acids is 1. The van der Waals surface area contributed by atoms with E-state index in [9.17, 15) is 9.90 Å². The molecule has 6 nitrogen and oxygen atoms in total. The number of hydrogen-bond acceptors (Lipinski definition) is 5. The van der Waals surface area contributed by atoms with Gasteiger partial charge in [0.1, 0.15) is 0 Å². The lowest BCUT2D eigenvalue weighted by molar-refractivity contribution is 0.0697. The first kappa shape index (κ1) is 24.3. The number of methoxy groups -OCH3 is 1. The molecule has 1 aliphatic carbocycles. The maximum absolute atomic E-state index is 11.5. The van der Waals surface area contributed by atoms with Crippen LogP contribution in [0.5, 0.6) is 0 Å². The number of nitrogens with one attached hydrogen (secondary N) is 1. The van der Waals surface area contributed by atoms with Crippen molar-refractivity contribution in [2.45, 2.75) is 32.8 Å². The quantitative estimate of drug-likeness (QED) is 0.489. The van der Waals surface area contributed by atoms with Crippen molar-refractivity contribution in [2.75, 3.05) is 30.9 Å². The Labute approximate surface area is 196 Å². The first-order valence-corrected chi connectivity index (χ1v) is 11.2. The molecular formula is C27H33N3O3. The molecule has 2 N–H and O–H groups in total. The molecule has 0 unspecified atom stereocenters. The minimum absolute atomic E-state index is 0.235. The van der Waals surface area contributed by atoms with Gasteiger partial charge in [0, 0.05) is 44.2 Å². The Kier molecular flexibility index (Phi) is 8.44. The third kappa shape index (κ3) is 6.11. The molecule has 0 fully saturated rings.